The number of likely N-dealkylation sites (tertiary alicyclic amines) is 2. The summed E-state index contributed by atoms with van der Waals surface area (Å²) in [5, 5.41) is 6.72. The van der Waals surface area contributed by atoms with Crippen LogP contribution in [0.25, 0.3) is 0 Å². The average Bonchev–Trinajstić information content (AvgIpc) is 3.56. The molecule has 2 N–H and O–H groups in total. The Morgan fingerprint density at radius 3 is 2.64 bits per heavy atom. The Kier molecular flexibility index (Phi) is 7.46. The molecule has 1 aromatic carbocycles. The van der Waals surface area contributed by atoms with Gasteiger partial charge in [-0.25, -0.2) is 0 Å². The number of hydrogen-bond acceptors (Lipinski definition) is 5. The van der Waals surface area contributed by atoms with Crippen LogP contribution in [-0.2, 0) is 19.1 Å². The number of nitrogens with one attached hydrogen (secondary N) is 2. The fraction of sp³-hybridized carbons (Fsp3) is 0.633. The molecule has 6 rings (SSSR count). The first-order valence-corrected chi connectivity index (χ1v) is 15.0. The summed E-state index contributed by atoms with van der Waals surface area (Å²) in [7, 11) is 0. The van der Waals surface area contributed by atoms with Crippen LogP contribution >= 0.6 is 11.6 Å². The zero-order valence-electron chi connectivity index (χ0n) is 22.6. The normalized spacial score (nSPS) is 34.4. The first-order chi connectivity index (χ1) is 18.9. The van der Waals surface area contributed by atoms with Crippen LogP contribution in [0.5, 0.6) is 0 Å². The number of piperidine rings is 1. The number of benzene rings is 1. The van der Waals surface area contributed by atoms with Crippen LogP contribution in [0.15, 0.2) is 36.4 Å². The Bertz CT molecular complexity index is 1150. The van der Waals surface area contributed by atoms with Crippen molar-refractivity contribution in [3.05, 3.63) is 41.4 Å². The van der Waals surface area contributed by atoms with Crippen molar-refractivity contribution in [3.63, 3.8) is 0 Å². The lowest BCUT2D eigenvalue weighted by Gasteiger charge is -2.37. The van der Waals surface area contributed by atoms with Gasteiger partial charge < -0.3 is 20.3 Å². The molecule has 5 aliphatic rings. The van der Waals surface area contributed by atoms with Crippen molar-refractivity contribution in [2.24, 2.45) is 11.8 Å². The largest absolute Gasteiger partial charge is 0.359 e. The molecule has 3 saturated heterocycles. The van der Waals surface area contributed by atoms with Gasteiger partial charge in [0, 0.05) is 35.9 Å². The van der Waals surface area contributed by atoms with Crippen LogP contribution in [-0.4, -0.2) is 77.0 Å². The van der Waals surface area contributed by atoms with E-state index in [2.05, 4.69) is 22.5 Å². The second-order valence-electron chi connectivity index (χ2n) is 12.0. The Morgan fingerprint density at radius 1 is 1.08 bits per heavy atom. The Hall–Kier alpha value is -2.42. The van der Waals surface area contributed by atoms with Gasteiger partial charge in [0.15, 0.2) is 0 Å². The lowest BCUT2D eigenvalue weighted by molar-refractivity contribution is -0.141. The number of ether oxygens (including phenoxy) is 1. The standard InChI is InChI=1S/C30H39ClN4O4/c1-19-8-5-6-15-34(19)16-17-35-26(28(37)32-21-10-3-2-4-11-21)30-14-13-23(39-30)24(25(30)29(35)38)27(36)33-22-12-7-9-20(31)18-22/h7,9,12-14,18-19,21,23-26H,2-6,8,10-11,15-17H2,1H3,(H,32,37)(H,33,36)/t19-,23+,24+,25+,26+,30+/m1/s1. The Morgan fingerprint density at radius 2 is 1.87 bits per heavy atom. The molecule has 210 valence electrons. The minimum Gasteiger partial charge on any atom is -0.359 e. The quantitative estimate of drug-likeness (QED) is 0.501. The summed E-state index contributed by atoms with van der Waals surface area (Å²) in [6, 6.07) is 6.74. The fourth-order valence-corrected chi connectivity index (χ4v) is 7.74. The molecular weight excluding hydrogens is 516 g/mol. The molecule has 1 saturated carbocycles. The van der Waals surface area contributed by atoms with E-state index in [0.29, 0.717) is 29.8 Å². The molecule has 1 aliphatic carbocycles. The minimum atomic E-state index is -1.13. The third-order valence-corrected chi connectivity index (χ3v) is 9.77. The summed E-state index contributed by atoms with van der Waals surface area (Å²) in [5.41, 5.74) is -0.564. The Balaban J connectivity index is 1.27. The zero-order chi connectivity index (χ0) is 27.1. The average molecular weight is 555 g/mol. The van der Waals surface area contributed by atoms with Crippen LogP contribution < -0.4 is 10.6 Å². The summed E-state index contributed by atoms with van der Waals surface area (Å²) in [4.78, 5) is 45.9. The molecule has 1 aromatic rings. The van der Waals surface area contributed by atoms with Crippen LogP contribution in [0.2, 0.25) is 5.02 Å². The predicted octanol–water partition coefficient (Wildman–Crippen LogP) is 3.75. The third-order valence-electron chi connectivity index (χ3n) is 9.54. The van der Waals surface area contributed by atoms with Crippen molar-refractivity contribution >= 4 is 35.0 Å². The van der Waals surface area contributed by atoms with Gasteiger partial charge in [0.1, 0.15) is 11.6 Å². The van der Waals surface area contributed by atoms with E-state index < -0.39 is 29.6 Å². The van der Waals surface area contributed by atoms with Crippen molar-refractivity contribution in [1.82, 2.24) is 15.1 Å². The van der Waals surface area contributed by atoms with Crippen molar-refractivity contribution in [2.75, 3.05) is 25.0 Å². The van der Waals surface area contributed by atoms with E-state index in [-0.39, 0.29) is 23.8 Å². The molecule has 2 bridgehead atoms. The van der Waals surface area contributed by atoms with Crippen LogP contribution in [0.1, 0.15) is 58.3 Å². The molecule has 9 heteroatoms. The number of fused-ring (bicyclic) bond motifs is 1. The van der Waals surface area contributed by atoms with E-state index in [0.717, 1.165) is 45.1 Å². The van der Waals surface area contributed by atoms with E-state index in [1.165, 1.54) is 12.8 Å². The van der Waals surface area contributed by atoms with Gasteiger partial charge >= 0.3 is 0 Å². The maximum absolute atomic E-state index is 14.2. The van der Waals surface area contributed by atoms with Gasteiger partial charge in [0.25, 0.3) is 0 Å². The first-order valence-electron chi connectivity index (χ1n) is 14.7. The monoisotopic (exact) mass is 554 g/mol. The highest BCUT2D eigenvalue weighted by molar-refractivity contribution is 6.30. The SMILES string of the molecule is C[C@@H]1CCCCN1CCN1C(=O)[C@@H]2[C@@H](C(=O)Nc3cccc(Cl)c3)[C@@H]3C=C[C@@]2(O3)[C@@H]1C(=O)NC1CCCCC1. The van der Waals surface area contributed by atoms with Crippen LogP contribution in [0, 0.1) is 11.8 Å². The van der Waals surface area contributed by atoms with Gasteiger partial charge in [-0.2, -0.15) is 0 Å². The molecule has 4 heterocycles. The number of hydrogen-bond donors (Lipinski definition) is 2. The molecule has 0 radical (unpaired) electrons. The summed E-state index contributed by atoms with van der Waals surface area (Å²) in [6.07, 6.45) is 12.0. The summed E-state index contributed by atoms with van der Waals surface area (Å²) in [6.45, 7) is 4.37. The molecule has 0 unspecified atom stereocenters. The smallest absolute Gasteiger partial charge is 0.246 e. The van der Waals surface area contributed by atoms with Gasteiger partial charge in [0.2, 0.25) is 17.7 Å². The highest BCUT2D eigenvalue weighted by Crippen LogP contribution is 2.55. The zero-order valence-corrected chi connectivity index (χ0v) is 23.4. The van der Waals surface area contributed by atoms with Gasteiger partial charge in [-0.15, -0.1) is 0 Å². The predicted molar refractivity (Wildman–Crippen MR) is 149 cm³/mol. The molecule has 4 aliphatic heterocycles. The fourth-order valence-electron chi connectivity index (χ4n) is 7.55. The minimum absolute atomic E-state index is 0.116. The molecule has 39 heavy (non-hydrogen) atoms. The number of rotatable bonds is 7. The lowest BCUT2D eigenvalue weighted by Crippen LogP contribution is -2.57. The highest BCUT2D eigenvalue weighted by Gasteiger charge is 2.72. The maximum atomic E-state index is 14.2. The van der Waals surface area contributed by atoms with Crippen molar-refractivity contribution < 1.29 is 19.1 Å². The van der Waals surface area contributed by atoms with E-state index in [1.54, 1.807) is 29.2 Å². The lowest BCUT2D eigenvalue weighted by atomic mass is 9.74. The number of carbonyl (C=O) groups excluding carboxylic acids is 3. The number of anilines is 1. The topological polar surface area (TPSA) is 91.0 Å². The van der Waals surface area contributed by atoms with E-state index in [4.69, 9.17) is 16.3 Å². The van der Waals surface area contributed by atoms with E-state index >= 15 is 0 Å². The molecule has 0 aromatic heterocycles. The van der Waals surface area contributed by atoms with Crippen LogP contribution in [0.3, 0.4) is 0 Å². The molecular formula is C30H39ClN4O4. The van der Waals surface area contributed by atoms with Crippen LogP contribution in [0.4, 0.5) is 5.69 Å². The number of halogens is 1. The van der Waals surface area contributed by atoms with Gasteiger partial charge in [-0.05, 0) is 57.4 Å². The van der Waals surface area contributed by atoms with Gasteiger partial charge in [-0.3, -0.25) is 19.3 Å². The molecule has 4 fully saturated rings. The first kappa shape index (κ1) is 26.8. The highest BCUT2D eigenvalue weighted by atomic mass is 35.5. The van der Waals surface area contributed by atoms with E-state index in [1.807, 2.05) is 12.2 Å². The third kappa shape index (κ3) is 4.89. The number of carbonyl (C=O) groups is 3. The van der Waals surface area contributed by atoms with Crippen molar-refractivity contribution in [1.29, 1.82) is 0 Å². The van der Waals surface area contributed by atoms with Gasteiger partial charge in [-0.1, -0.05) is 55.5 Å². The second kappa shape index (κ2) is 10.9. The van der Waals surface area contributed by atoms with Crippen molar-refractivity contribution in [2.45, 2.75) is 88.1 Å². The molecule has 8 nitrogen and oxygen atoms in total. The summed E-state index contributed by atoms with van der Waals surface area (Å²) >= 11 is 6.13. The molecule has 1 spiro atoms. The second-order valence-corrected chi connectivity index (χ2v) is 12.4. The maximum Gasteiger partial charge on any atom is 0.246 e. The number of amides is 3. The van der Waals surface area contributed by atoms with Gasteiger partial charge in [0.05, 0.1) is 17.9 Å². The van der Waals surface area contributed by atoms with E-state index in [9.17, 15) is 14.4 Å². The van der Waals surface area contributed by atoms with Crippen molar-refractivity contribution in [3.8, 4) is 0 Å². The molecule has 6 atom stereocenters. The summed E-state index contributed by atoms with van der Waals surface area (Å²) in [5.74, 6) is -2.07. The summed E-state index contributed by atoms with van der Waals surface area (Å²) < 4.78 is 6.48. The molecule has 3 amide bonds. The Labute approximate surface area is 235 Å². The number of nitrogens with zero attached hydrogens (tertiary/aromatic N) is 2.